The number of carbonyl (C=O) groups is 4. The number of Topliss-reactive ketones (excluding diaryl/α,β-unsaturated/α-hetero) is 1. The molecule has 0 aromatic heterocycles. The predicted molar refractivity (Wildman–Crippen MR) is 269 cm³/mol. The molecule has 4 heterocycles. The molecule has 0 saturated heterocycles. The molecule has 9 rings (SSSR count). The lowest BCUT2D eigenvalue weighted by atomic mass is 10.1. The van der Waals surface area contributed by atoms with Gasteiger partial charge in [-0.2, -0.15) is 0 Å². The summed E-state index contributed by atoms with van der Waals surface area (Å²) >= 11 is 0. The van der Waals surface area contributed by atoms with Crippen molar-refractivity contribution in [3.8, 4) is 17.2 Å². The highest BCUT2D eigenvalue weighted by molar-refractivity contribution is 8.77. The first-order valence-electron chi connectivity index (χ1n) is 22.6. The van der Waals surface area contributed by atoms with Gasteiger partial charge in [-0.05, 0) is 97.5 Å². The molecular weight excluding hydrogens is 883 g/mol. The van der Waals surface area contributed by atoms with E-state index in [0.29, 0.717) is 71.1 Å². The number of carbonyl (C=O) groups excluding carboxylic acids is 4. The number of ether oxygens (including phenoxy) is 3. The largest absolute Gasteiger partial charge is 0.493 e. The van der Waals surface area contributed by atoms with Crippen LogP contribution < -0.4 is 29.3 Å². The fourth-order valence-electron chi connectivity index (χ4n) is 8.82. The Hall–Kier alpha value is -6.38. The number of methoxy groups -OCH3 is 1. The summed E-state index contributed by atoms with van der Waals surface area (Å²) in [7, 11) is 4.63. The van der Waals surface area contributed by atoms with E-state index in [0.717, 1.165) is 45.6 Å². The molecule has 0 spiro atoms. The van der Waals surface area contributed by atoms with Crippen molar-refractivity contribution in [1.29, 1.82) is 0 Å². The minimum absolute atomic E-state index is 0.0864. The molecule has 4 aliphatic heterocycles. The number of hydrogen-bond acceptors (Lipinski definition) is 11. The van der Waals surface area contributed by atoms with Crippen molar-refractivity contribution < 1.29 is 33.4 Å². The summed E-state index contributed by atoms with van der Waals surface area (Å²) < 4.78 is 17.9. The third-order valence-electron chi connectivity index (χ3n) is 12.6. The van der Waals surface area contributed by atoms with Gasteiger partial charge in [0.25, 0.3) is 11.8 Å². The van der Waals surface area contributed by atoms with Crippen LogP contribution in [0.5, 0.6) is 17.2 Å². The Labute approximate surface area is 399 Å². The van der Waals surface area contributed by atoms with Gasteiger partial charge in [0.05, 0.1) is 46.4 Å². The van der Waals surface area contributed by atoms with Gasteiger partial charge in [-0.3, -0.25) is 39.0 Å². The normalized spacial score (nSPS) is 17.0. The zero-order chi connectivity index (χ0) is 47.0. The lowest BCUT2D eigenvalue weighted by molar-refractivity contribution is -0.119. The van der Waals surface area contributed by atoms with Crippen LogP contribution in [0.25, 0.3) is 0 Å². The fraction of sp³-hybridized carbons (Fsp3) is 0.321. The molecule has 344 valence electrons. The number of hydrogen-bond donors (Lipinski definition) is 1. The SMILES string of the molecule is CCC(=O)CCC(C)SSC(C)(C)C(=O)Nc1cc(COc2cc3c(cc2C)C(=O)N2c4ccccc4C[C@H]2C=N3)cc(COc2cc3c(cc2OC)C(=O)N2c4ccccc4C[C@H]2C=N3)c1. The van der Waals surface area contributed by atoms with Crippen LogP contribution >= 0.6 is 21.6 Å². The van der Waals surface area contributed by atoms with Gasteiger partial charge in [-0.25, -0.2) is 0 Å². The summed E-state index contributed by atoms with van der Waals surface area (Å²) in [5.41, 5.74) is 8.83. The minimum atomic E-state index is -0.810. The molecular formula is C53H53N5O7S2. The number of benzene rings is 5. The highest BCUT2D eigenvalue weighted by Crippen LogP contribution is 2.43. The maximum absolute atomic E-state index is 14.0. The lowest BCUT2D eigenvalue weighted by Gasteiger charge is -2.24. The van der Waals surface area contributed by atoms with Crippen molar-refractivity contribution in [2.45, 2.75) is 102 Å². The molecule has 0 radical (unpaired) electrons. The highest BCUT2D eigenvalue weighted by Gasteiger charge is 2.38. The Kier molecular flexibility index (Phi) is 13.0. The van der Waals surface area contributed by atoms with E-state index in [1.165, 1.54) is 17.9 Å². The van der Waals surface area contributed by atoms with Crippen molar-refractivity contribution in [3.63, 3.8) is 0 Å². The second-order valence-corrected chi connectivity index (χ2v) is 21.1. The average Bonchev–Trinajstić information content (AvgIpc) is 3.82. The molecule has 0 aliphatic carbocycles. The number of aryl methyl sites for hydroxylation is 1. The first-order valence-corrected chi connectivity index (χ1v) is 24.9. The second kappa shape index (κ2) is 19.1. The fourth-order valence-corrected chi connectivity index (χ4v) is 11.3. The zero-order valence-corrected chi connectivity index (χ0v) is 40.1. The van der Waals surface area contributed by atoms with Crippen molar-refractivity contribution in [2.75, 3.05) is 22.2 Å². The van der Waals surface area contributed by atoms with E-state index < -0.39 is 4.75 Å². The van der Waals surface area contributed by atoms with Crippen LogP contribution in [0.15, 0.2) is 101 Å². The van der Waals surface area contributed by atoms with Crippen LogP contribution in [0, 0.1) is 6.92 Å². The Balaban J connectivity index is 0.960. The van der Waals surface area contributed by atoms with Gasteiger partial charge in [-0.1, -0.05) is 71.8 Å². The summed E-state index contributed by atoms with van der Waals surface area (Å²) in [6, 6.07) is 28.3. The predicted octanol–water partition coefficient (Wildman–Crippen LogP) is 11.0. The molecule has 0 fully saturated rings. The standard InChI is InChI=1S/C53H53N5O7S2/c1-7-40(59)17-16-32(3)66-67-53(4,5)52(62)56-37-20-33(29-64-47-25-43-41(18-31(47)2)50(60)57-38(27-54-43)22-35-12-8-10-14-45(35)57)19-34(21-37)30-65-49-26-44-42(24-48(49)63-6)51(61)58-39(28-55-44)23-36-13-9-11-15-46(36)58/h8-15,18-21,24-28,32,38-39H,7,16-17,22-23,29-30H2,1-6H3,(H,56,62)/t32?,38-,39-/m0/s1. The second-order valence-electron chi connectivity index (χ2n) is 17.9. The summed E-state index contributed by atoms with van der Waals surface area (Å²) in [6.45, 7) is 9.87. The lowest BCUT2D eigenvalue weighted by Crippen LogP contribution is -2.37. The Morgan fingerprint density at radius 3 is 1.91 bits per heavy atom. The van der Waals surface area contributed by atoms with Gasteiger partial charge in [0.2, 0.25) is 5.91 Å². The van der Waals surface area contributed by atoms with Crippen LogP contribution in [0.3, 0.4) is 0 Å². The van der Waals surface area contributed by atoms with Gasteiger partial charge in [0.1, 0.15) is 24.7 Å². The number of anilines is 3. The van der Waals surface area contributed by atoms with Crippen molar-refractivity contribution in [1.82, 2.24) is 0 Å². The maximum Gasteiger partial charge on any atom is 0.261 e. The first kappa shape index (κ1) is 45.8. The monoisotopic (exact) mass is 935 g/mol. The van der Waals surface area contributed by atoms with E-state index in [-0.39, 0.29) is 54.1 Å². The van der Waals surface area contributed by atoms with E-state index in [2.05, 4.69) is 18.3 Å². The number of aliphatic imine (C=N–C) groups is 2. The minimum Gasteiger partial charge on any atom is -0.493 e. The van der Waals surface area contributed by atoms with Crippen LogP contribution in [-0.4, -0.2) is 65.1 Å². The summed E-state index contributed by atoms with van der Waals surface area (Å²) in [5, 5.41) is 3.34. The number of fused-ring (bicyclic) bond motifs is 8. The topological polar surface area (TPSA) is 139 Å². The number of ketones is 1. The van der Waals surface area contributed by atoms with E-state index in [1.54, 1.807) is 27.8 Å². The van der Waals surface area contributed by atoms with Crippen molar-refractivity contribution >= 4 is 86.0 Å². The molecule has 1 N–H and O–H groups in total. The van der Waals surface area contributed by atoms with Crippen molar-refractivity contribution in [3.05, 3.63) is 130 Å². The number of rotatable bonds is 16. The van der Waals surface area contributed by atoms with Crippen LogP contribution in [-0.2, 0) is 35.6 Å². The smallest absolute Gasteiger partial charge is 0.261 e. The molecule has 5 aromatic carbocycles. The van der Waals surface area contributed by atoms with Gasteiger partial charge in [0, 0.05) is 72.6 Å². The molecule has 3 amide bonds. The molecule has 3 atom stereocenters. The third kappa shape index (κ3) is 9.46. The molecule has 4 aliphatic rings. The van der Waals surface area contributed by atoms with Crippen LogP contribution in [0.1, 0.15) is 95.5 Å². The number of para-hydroxylation sites is 2. The van der Waals surface area contributed by atoms with Gasteiger partial charge in [0.15, 0.2) is 11.5 Å². The highest BCUT2D eigenvalue weighted by atomic mass is 33.1. The zero-order valence-electron chi connectivity index (χ0n) is 38.5. The Morgan fingerprint density at radius 2 is 1.33 bits per heavy atom. The van der Waals surface area contributed by atoms with Gasteiger partial charge >= 0.3 is 0 Å². The van der Waals surface area contributed by atoms with Gasteiger partial charge < -0.3 is 19.5 Å². The van der Waals surface area contributed by atoms with E-state index >= 15 is 0 Å². The molecule has 14 heteroatoms. The van der Waals surface area contributed by atoms with Crippen LogP contribution in [0.4, 0.5) is 28.4 Å². The molecule has 12 nitrogen and oxygen atoms in total. The molecule has 1 unspecified atom stereocenters. The summed E-state index contributed by atoms with van der Waals surface area (Å²) in [4.78, 5) is 67.1. The molecule has 67 heavy (non-hydrogen) atoms. The van der Waals surface area contributed by atoms with Crippen LogP contribution in [0.2, 0.25) is 0 Å². The Bertz CT molecular complexity index is 2860. The van der Waals surface area contributed by atoms with E-state index in [4.69, 9.17) is 24.2 Å². The quantitative estimate of drug-likeness (QED) is 0.0958. The number of nitrogens with zero attached hydrogens (tertiary/aromatic N) is 4. The van der Waals surface area contributed by atoms with E-state index in [9.17, 15) is 19.2 Å². The molecule has 0 saturated carbocycles. The maximum atomic E-state index is 14.0. The number of nitrogens with one attached hydrogen (secondary N) is 1. The Morgan fingerprint density at radius 1 is 0.776 bits per heavy atom. The summed E-state index contributed by atoms with van der Waals surface area (Å²) in [6.07, 6.45) is 6.86. The number of amides is 3. The van der Waals surface area contributed by atoms with Gasteiger partial charge in [-0.15, -0.1) is 0 Å². The summed E-state index contributed by atoms with van der Waals surface area (Å²) in [5.74, 6) is 1.17. The van der Waals surface area contributed by atoms with Crippen molar-refractivity contribution in [2.24, 2.45) is 9.98 Å². The average molecular weight is 936 g/mol. The van der Waals surface area contributed by atoms with E-state index in [1.807, 2.05) is 118 Å². The third-order valence-corrected chi connectivity index (χ3v) is 16.3. The molecule has 5 aromatic rings. The first-order chi connectivity index (χ1) is 32.3. The molecule has 0 bridgehead atoms.